The molecule has 1 aromatic carbocycles. The van der Waals surface area contributed by atoms with E-state index >= 15 is 0 Å². The van der Waals surface area contributed by atoms with E-state index in [0.29, 0.717) is 18.9 Å². The van der Waals surface area contributed by atoms with Crippen molar-refractivity contribution in [3.8, 4) is 11.5 Å². The van der Waals surface area contributed by atoms with E-state index in [2.05, 4.69) is 20.6 Å². The van der Waals surface area contributed by atoms with E-state index in [1.807, 2.05) is 18.2 Å². The van der Waals surface area contributed by atoms with E-state index in [1.165, 1.54) is 12.8 Å². The summed E-state index contributed by atoms with van der Waals surface area (Å²) in [6.45, 7) is 0.546. The van der Waals surface area contributed by atoms with Crippen LogP contribution >= 0.6 is 0 Å². The number of anilines is 1. The Bertz CT molecular complexity index is 1070. The van der Waals surface area contributed by atoms with Crippen LogP contribution < -0.4 is 20.1 Å². The van der Waals surface area contributed by atoms with Crippen molar-refractivity contribution < 1.29 is 42.1 Å². The van der Waals surface area contributed by atoms with Crippen LogP contribution in [0.25, 0.3) is 0 Å². The van der Waals surface area contributed by atoms with Gasteiger partial charge in [-0.15, -0.1) is 0 Å². The number of piperidine rings is 1. The van der Waals surface area contributed by atoms with Crippen LogP contribution in [-0.2, 0) is 14.4 Å². The lowest BCUT2D eigenvalue weighted by Crippen LogP contribution is -2.42. The van der Waals surface area contributed by atoms with Crippen molar-refractivity contribution >= 4 is 23.7 Å². The number of alkyl halides is 3. The maximum atomic E-state index is 12.3. The number of benzene rings is 1. The first-order valence-corrected chi connectivity index (χ1v) is 11.8. The molecule has 2 atom stereocenters. The molecular weight excluding hydrogens is 497 g/mol. The summed E-state index contributed by atoms with van der Waals surface area (Å²) < 4.78 is 43.4. The second kappa shape index (κ2) is 12.5. The van der Waals surface area contributed by atoms with Crippen LogP contribution in [0.1, 0.15) is 50.0 Å². The highest BCUT2D eigenvalue weighted by molar-refractivity contribution is 5.93. The Morgan fingerprint density at radius 3 is 2.51 bits per heavy atom. The standard InChI is InChI=1S/C22H28N4O4.C2HF3O2/c1-29-18-7-6-14(11-19(18)30-17-4-2-3-5-17)16-10-15(21(28)25-13-16)12-20(27)26-22-23-8-9-24-22;3-2(4,5)1(6)7/h6-9,11,15-17H,2-5,10,12-13H2,1H3,(H,25,28)(H2,23,24,26,27);(H,6,7)/t15-,16+;/m0./s1. The fourth-order valence-electron chi connectivity index (χ4n) is 4.30. The maximum Gasteiger partial charge on any atom is 0.490 e. The van der Waals surface area contributed by atoms with Crippen molar-refractivity contribution in [3.05, 3.63) is 36.2 Å². The first-order chi connectivity index (χ1) is 17.6. The fourth-order valence-corrected chi connectivity index (χ4v) is 4.30. The molecule has 0 spiro atoms. The smallest absolute Gasteiger partial charge is 0.490 e. The van der Waals surface area contributed by atoms with Crippen LogP contribution in [-0.4, -0.2) is 58.8 Å². The van der Waals surface area contributed by atoms with Gasteiger partial charge in [0.1, 0.15) is 0 Å². The Kier molecular flexibility index (Phi) is 9.36. The summed E-state index contributed by atoms with van der Waals surface area (Å²) in [6.07, 6.45) is 3.60. The quantitative estimate of drug-likeness (QED) is 0.432. The van der Waals surface area contributed by atoms with Gasteiger partial charge in [0.05, 0.1) is 13.2 Å². The molecule has 2 aliphatic rings. The van der Waals surface area contributed by atoms with Gasteiger partial charge >= 0.3 is 12.1 Å². The average molecular weight is 527 g/mol. The molecule has 1 aliphatic heterocycles. The molecule has 2 heterocycles. The highest BCUT2D eigenvalue weighted by Gasteiger charge is 2.38. The number of aliphatic carboxylic acids is 1. The zero-order valence-corrected chi connectivity index (χ0v) is 20.1. The number of amides is 2. The summed E-state index contributed by atoms with van der Waals surface area (Å²) in [7, 11) is 1.64. The minimum Gasteiger partial charge on any atom is -0.493 e. The molecule has 10 nitrogen and oxygen atoms in total. The van der Waals surface area contributed by atoms with Crippen LogP contribution in [0.15, 0.2) is 30.6 Å². The number of methoxy groups -OCH3 is 1. The number of carbonyl (C=O) groups excluding carboxylic acids is 2. The molecule has 202 valence electrons. The van der Waals surface area contributed by atoms with Crippen molar-refractivity contribution in [2.24, 2.45) is 5.92 Å². The van der Waals surface area contributed by atoms with Crippen LogP contribution in [0, 0.1) is 5.92 Å². The molecule has 0 bridgehead atoms. The number of hydrogen-bond donors (Lipinski definition) is 4. The molecule has 2 aromatic rings. The average Bonchev–Trinajstić information content (AvgIpc) is 3.55. The lowest BCUT2D eigenvalue weighted by atomic mass is 9.83. The summed E-state index contributed by atoms with van der Waals surface area (Å²) in [5, 5.41) is 12.8. The molecule has 1 saturated heterocycles. The third-order valence-electron chi connectivity index (χ3n) is 6.15. The third-order valence-corrected chi connectivity index (χ3v) is 6.15. The molecule has 1 aromatic heterocycles. The molecule has 1 saturated carbocycles. The Labute approximate surface area is 210 Å². The maximum absolute atomic E-state index is 12.3. The fraction of sp³-hybridized carbons (Fsp3) is 0.500. The van der Waals surface area contributed by atoms with Gasteiger partial charge in [0, 0.05) is 37.2 Å². The lowest BCUT2D eigenvalue weighted by molar-refractivity contribution is -0.192. The second-order valence-electron chi connectivity index (χ2n) is 8.80. The molecule has 4 N–H and O–H groups in total. The van der Waals surface area contributed by atoms with Crippen molar-refractivity contribution in [2.45, 2.75) is 56.7 Å². The number of rotatable bonds is 7. The van der Waals surface area contributed by atoms with Gasteiger partial charge in [0.2, 0.25) is 17.8 Å². The third kappa shape index (κ3) is 8.12. The SMILES string of the molecule is COc1ccc([C@H]2CNC(=O)[C@H](CC(=O)Nc3ncc[nH]3)C2)cc1OC1CCCC1.O=C(O)C(F)(F)F. The van der Waals surface area contributed by atoms with Crippen molar-refractivity contribution in [1.29, 1.82) is 0 Å². The van der Waals surface area contributed by atoms with Crippen molar-refractivity contribution in [1.82, 2.24) is 15.3 Å². The van der Waals surface area contributed by atoms with Gasteiger partial charge in [-0.25, -0.2) is 9.78 Å². The molecule has 1 aliphatic carbocycles. The van der Waals surface area contributed by atoms with E-state index in [1.54, 1.807) is 19.5 Å². The molecule has 13 heteroatoms. The van der Waals surface area contributed by atoms with E-state index in [-0.39, 0.29) is 36.2 Å². The Hall–Kier alpha value is -3.77. The number of carboxylic acid groups (broad SMARTS) is 1. The van der Waals surface area contributed by atoms with E-state index in [0.717, 1.165) is 29.9 Å². The van der Waals surface area contributed by atoms with Crippen LogP contribution in [0.2, 0.25) is 0 Å². The van der Waals surface area contributed by atoms with Crippen LogP contribution in [0.3, 0.4) is 0 Å². The van der Waals surface area contributed by atoms with Crippen LogP contribution in [0.5, 0.6) is 11.5 Å². The lowest BCUT2D eigenvalue weighted by Gasteiger charge is -2.29. The van der Waals surface area contributed by atoms with Gasteiger partial charge in [0.15, 0.2) is 11.5 Å². The summed E-state index contributed by atoms with van der Waals surface area (Å²) in [6, 6.07) is 5.97. The van der Waals surface area contributed by atoms with E-state index in [4.69, 9.17) is 19.4 Å². The number of nitrogens with one attached hydrogen (secondary N) is 3. The minimum atomic E-state index is -5.08. The summed E-state index contributed by atoms with van der Waals surface area (Å²) in [5.74, 6) is -1.49. The topological polar surface area (TPSA) is 143 Å². The molecule has 37 heavy (non-hydrogen) atoms. The molecule has 4 rings (SSSR count). The number of aromatic nitrogens is 2. The number of nitrogens with zero attached hydrogens (tertiary/aromatic N) is 1. The van der Waals surface area contributed by atoms with E-state index < -0.39 is 12.1 Å². The zero-order valence-electron chi connectivity index (χ0n) is 20.1. The number of carboxylic acids is 1. The molecule has 0 unspecified atom stereocenters. The number of ether oxygens (including phenoxy) is 2. The molecular formula is C24H29F3N4O6. The Balaban J connectivity index is 0.000000479. The number of H-pyrrole nitrogens is 1. The van der Waals surface area contributed by atoms with Gasteiger partial charge in [-0.1, -0.05) is 6.07 Å². The highest BCUT2D eigenvalue weighted by Crippen LogP contribution is 2.37. The van der Waals surface area contributed by atoms with Gasteiger partial charge < -0.3 is 24.9 Å². The second-order valence-corrected chi connectivity index (χ2v) is 8.80. The zero-order chi connectivity index (χ0) is 27.0. The molecule has 2 amide bonds. The van der Waals surface area contributed by atoms with Gasteiger partial charge in [-0.3, -0.25) is 14.9 Å². The number of halogens is 3. The van der Waals surface area contributed by atoms with Gasteiger partial charge in [-0.2, -0.15) is 13.2 Å². The predicted octanol–water partition coefficient (Wildman–Crippen LogP) is 3.62. The van der Waals surface area contributed by atoms with Crippen LogP contribution in [0.4, 0.5) is 19.1 Å². The highest BCUT2D eigenvalue weighted by atomic mass is 19.4. The van der Waals surface area contributed by atoms with Gasteiger partial charge in [-0.05, 0) is 49.8 Å². The normalized spacial score (nSPS) is 19.8. The minimum absolute atomic E-state index is 0.0863. The molecule has 0 radical (unpaired) electrons. The number of aromatic amines is 1. The summed E-state index contributed by atoms with van der Waals surface area (Å²) >= 11 is 0. The van der Waals surface area contributed by atoms with Crippen molar-refractivity contribution in [2.75, 3.05) is 19.0 Å². The predicted molar refractivity (Wildman–Crippen MR) is 125 cm³/mol. The molecule has 2 fully saturated rings. The Morgan fingerprint density at radius 1 is 1.22 bits per heavy atom. The van der Waals surface area contributed by atoms with Crippen molar-refractivity contribution in [3.63, 3.8) is 0 Å². The summed E-state index contributed by atoms with van der Waals surface area (Å²) in [5.41, 5.74) is 1.08. The number of hydrogen-bond acceptors (Lipinski definition) is 6. The van der Waals surface area contributed by atoms with Gasteiger partial charge in [0.25, 0.3) is 0 Å². The monoisotopic (exact) mass is 526 g/mol. The first kappa shape index (κ1) is 27.8. The number of carbonyl (C=O) groups is 3. The summed E-state index contributed by atoms with van der Waals surface area (Å²) in [4.78, 5) is 40.4. The largest absolute Gasteiger partial charge is 0.493 e. The first-order valence-electron chi connectivity index (χ1n) is 11.8. The Morgan fingerprint density at radius 2 is 1.92 bits per heavy atom. The number of imidazole rings is 1. The van der Waals surface area contributed by atoms with E-state index in [9.17, 15) is 22.8 Å².